The van der Waals surface area contributed by atoms with Crippen molar-refractivity contribution < 1.29 is 33.4 Å². The van der Waals surface area contributed by atoms with Crippen molar-refractivity contribution in [1.29, 1.82) is 0 Å². The van der Waals surface area contributed by atoms with Gasteiger partial charge >= 0.3 is 0 Å². The summed E-state index contributed by atoms with van der Waals surface area (Å²) in [4.78, 5) is 45.8. The van der Waals surface area contributed by atoms with Crippen molar-refractivity contribution in [2.24, 2.45) is 0 Å². The zero-order chi connectivity index (χ0) is 28.6. The molecule has 2 aromatic heterocycles. The minimum Gasteiger partial charge on any atom is -0.503 e. The van der Waals surface area contributed by atoms with E-state index in [9.17, 15) is 19.5 Å². The Kier molecular flexibility index (Phi) is 7.44. The van der Waals surface area contributed by atoms with E-state index in [0.717, 1.165) is 24.2 Å². The van der Waals surface area contributed by atoms with Crippen molar-refractivity contribution in [2.45, 2.75) is 39.7 Å². The lowest BCUT2D eigenvalue weighted by Gasteiger charge is -2.24. The van der Waals surface area contributed by atoms with Crippen molar-refractivity contribution >= 4 is 44.9 Å². The second-order valence-electron chi connectivity index (χ2n) is 9.40. The number of carbonyl (C=O) groups excluding carboxylic acids is 3. The predicted octanol–water partition coefficient (Wildman–Crippen LogP) is 6.37. The number of aryl methyl sites for hydroxylation is 1. The van der Waals surface area contributed by atoms with Gasteiger partial charge in [0.05, 0.1) is 35.9 Å². The highest BCUT2D eigenvalue weighted by Gasteiger charge is 2.47. The summed E-state index contributed by atoms with van der Waals surface area (Å²) >= 11 is 1.03. The summed E-state index contributed by atoms with van der Waals surface area (Å²) in [5, 5.41) is 12.0. The Hall–Kier alpha value is -4.44. The van der Waals surface area contributed by atoms with E-state index in [1.165, 1.54) is 18.9 Å². The second-order valence-corrected chi connectivity index (χ2v) is 10.4. The molecule has 40 heavy (non-hydrogen) atoms. The fraction of sp³-hybridized carbons (Fsp3) is 0.267. The number of fused-ring (bicyclic) bond motifs is 1. The van der Waals surface area contributed by atoms with Crippen LogP contribution in [0.5, 0.6) is 11.5 Å². The number of benzene rings is 2. The molecule has 0 bridgehead atoms. The maximum atomic E-state index is 14.0. The monoisotopic (exact) mass is 560 g/mol. The zero-order valence-electron chi connectivity index (χ0n) is 22.5. The number of furan rings is 1. The third-order valence-corrected chi connectivity index (χ3v) is 7.91. The molecule has 3 heterocycles. The van der Waals surface area contributed by atoms with Crippen LogP contribution in [-0.2, 0) is 4.79 Å². The van der Waals surface area contributed by atoms with Gasteiger partial charge in [-0.1, -0.05) is 48.9 Å². The molecule has 206 valence electrons. The van der Waals surface area contributed by atoms with Gasteiger partial charge in [0.15, 0.2) is 33.8 Å². The fourth-order valence-electron chi connectivity index (χ4n) is 4.71. The Bertz CT molecular complexity index is 1670. The molecule has 1 amide bonds. The van der Waals surface area contributed by atoms with Crippen LogP contribution in [0.15, 0.2) is 64.3 Å². The van der Waals surface area contributed by atoms with Gasteiger partial charge in [-0.15, -0.1) is 0 Å². The van der Waals surface area contributed by atoms with E-state index in [2.05, 4.69) is 11.9 Å². The number of rotatable bonds is 10. The van der Waals surface area contributed by atoms with Crippen molar-refractivity contribution in [3.63, 3.8) is 0 Å². The number of hydrogen-bond acceptors (Lipinski definition) is 9. The van der Waals surface area contributed by atoms with Crippen LogP contribution in [-0.4, -0.2) is 41.3 Å². The number of unbranched alkanes of at least 4 members (excludes halogenated alkanes) is 1. The minimum atomic E-state index is -1.05. The van der Waals surface area contributed by atoms with Crippen molar-refractivity contribution in [3.8, 4) is 11.5 Å². The van der Waals surface area contributed by atoms with E-state index in [1.54, 1.807) is 55.5 Å². The first-order valence-corrected chi connectivity index (χ1v) is 13.7. The highest BCUT2D eigenvalue weighted by atomic mass is 32.1. The number of aliphatic hydroxyl groups excluding tert-OH is 1. The van der Waals surface area contributed by atoms with Crippen LogP contribution in [0.25, 0.3) is 11.0 Å². The van der Waals surface area contributed by atoms with Gasteiger partial charge in [0.2, 0.25) is 5.78 Å². The summed E-state index contributed by atoms with van der Waals surface area (Å²) < 4.78 is 17.1. The largest absolute Gasteiger partial charge is 0.503 e. The number of aromatic nitrogens is 1. The molecule has 1 N–H and O–H groups in total. The average Bonchev–Trinajstić information content (AvgIpc) is 3.62. The summed E-state index contributed by atoms with van der Waals surface area (Å²) in [6, 6.07) is 12.8. The third-order valence-electron chi connectivity index (χ3n) is 6.66. The second kappa shape index (κ2) is 11.0. The summed E-state index contributed by atoms with van der Waals surface area (Å²) in [5.41, 5.74) is 1.20. The fourth-order valence-corrected chi connectivity index (χ4v) is 5.70. The minimum absolute atomic E-state index is 0.0594. The van der Waals surface area contributed by atoms with E-state index in [-0.39, 0.29) is 22.2 Å². The van der Waals surface area contributed by atoms with Gasteiger partial charge in [-0.3, -0.25) is 19.3 Å². The van der Waals surface area contributed by atoms with Crippen LogP contribution >= 0.6 is 11.3 Å². The van der Waals surface area contributed by atoms with Crippen LogP contribution < -0.4 is 14.4 Å². The number of hydrogen-bond donors (Lipinski definition) is 1. The number of amides is 1. The van der Waals surface area contributed by atoms with Crippen molar-refractivity contribution in [1.82, 2.24) is 4.98 Å². The Labute approximate surface area is 234 Å². The maximum absolute atomic E-state index is 14.0. The number of ether oxygens (including phenoxy) is 2. The lowest BCUT2D eigenvalue weighted by Crippen LogP contribution is -2.31. The van der Waals surface area contributed by atoms with Crippen LogP contribution in [0.1, 0.15) is 64.2 Å². The Morgan fingerprint density at radius 1 is 1.18 bits per heavy atom. The molecule has 1 aliphatic heterocycles. The van der Waals surface area contributed by atoms with Gasteiger partial charge in [0.1, 0.15) is 5.75 Å². The average molecular weight is 561 g/mol. The zero-order valence-corrected chi connectivity index (χ0v) is 23.3. The molecule has 9 nitrogen and oxygen atoms in total. The summed E-state index contributed by atoms with van der Waals surface area (Å²) in [6.07, 6.45) is 1.83. The molecule has 0 saturated heterocycles. The van der Waals surface area contributed by atoms with E-state index in [1.807, 2.05) is 0 Å². The lowest BCUT2D eigenvalue weighted by molar-refractivity contribution is -0.117. The standard InChI is InChI=1S/C30H28N2O7S/c1-5-6-13-38-20-11-7-9-18(14-20)24-23(25(34)22-15-19-10-8-12-21(37-4)27(19)39-22)26(35)29(36)32(24)30-31-16(2)28(40-30)17(3)33/h7-12,14-15,24,35H,5-6,13H2,1-4H3. The highest BCUT2D eigenvalue weighted by molar-refractivity contribution is 7.17. The molecule has 1 aliphatic rings. The van der Waals surface area contributed by atoms with E-state index in [4.69, 9.17) is 13.9 Å². The molecule has 1 unspecified atom stereocenters. The summed E-state index contributed by atoms with van der Waals surface area (Å²) in [5.74, 6) is -1.42. The van der Waals surface area contributed by atoms with Gasteiger partial charge in [-0.05, 0) is 43.2 Å². The van der Waals surface area contributed by atoms with Gasteiger partial charge in [-0.2, -0.15) is 0 Å². The normalized spacial score (nSPS) is 15.2. The van der Waals surface area contributed by atoms with Gasteiger partial charge in [-0.25, -0.2) is 4.98 Å². The Morgan fingerprint density at radius 3 is 2.65 bits per heavy atom. The number of nitrogens with zero attached hydrogens (tertiary/aromatic N) is 2. The summed E-state index contributed by atoms with van der Waals surface area (Å²) in [6.45, 7) is 5.67. The number of ketones is 2. The topological polar surface area (TPSA) is 119 Å². The molecule has 1 atom stereocenters. The molecule has 10 heteroatoms. The van der Waals surface area contributed by atoms with Gasteiger partial charge < -0.3 is 19.0 Å². The maximum Gasteiger partial charge on any atom is 0.296 e. The Morgan fingerprint density at radius 2 is 1.95 bits per heavy atom. The summed E-state index contributed by atoms with van der Waals surface area (Å²) in [7, 11) is 1.50. The molecule has 0 radical (unpaired) electrons. The number of aliphatic hydroxyl groups is 1. The number of Topliss-reactive ketones (excluding diaryl/α,β-unsaturated/α-hetero) is 2. The first-order valence-electron chi connectivity index (χ1n) is 12.8. The first kappa shape index (κ1) is 27.1. The molecular formula is C30H28N2O7S. The number of anilines is 1. The SMILES string of the molecule is CCCCOc1cccc(C2C(C(=O)c3cc4cccc(OC)c4o3)=C(O)C(=O)N2c2nc(C)c(C(C)=O)s2)c1. The number of para-hydroxylation sites is 1. The third kappa shape index (κ3) is 4.75. The molecule has 0 spiro atoms. The van der Waals surface area contributed by atoms with Crippen LogP contribution in [0.4, 0.5) is 5.13 Å². The molecular weight excluding hydrogens is 532 g/mol. The van der Waals surface area contributed by atoms with Gasteiger partial charge in [0.25, 0.3) is 5.91 Å². The predicted molar refractivity (Wildman–Crippen MR) is 151 cm³/mol. The number of thiazole rings is 1. The number of methoxy groups -OCH3 is 1. The smallest absolute Gasteiger partial charge is 0.296 e. The molecule has 2 aromatic carbocycles. The van der Waals surface area contributed by atoms with E-state index in [0.29, 0.717) is 45.2 Å². The molecule has 4 aromatic rings. The van der Waals surface area contributed by atoms with E-state index < -0.39 is 23.5 Å². The molecule has 0 fully saturated rings. The molecule has 5 rings (SSSR count). The van der Waals surface area contributed by atoms with Crippen molar-refractivity contribution in [2.75, 3.05) is 18.6 Å². The Balaban J connectivity index is 1.64. The van der Waals surface area contributed by atoms with Crippen LogP contribution in [0, 0.1) is 6.92 Å². The number of carbonyl (C=O) groups is 3. The van der Waals surface area contributed by atoms with E-state index >= 15 is 0 Å². The van der Waals surface area contributed by atoms with Crippen molar-refractivity contribution in [3.05, 3.63) is 81.8 Å². The van der Waals surface area contributed by atoms with Crippen LogP contribution in [0.3, 0.4) is 0 Å². The highest BCUT2D eigenvalue weighted by Crippen LogP contribution is 2.45. The quantitative estimate of drug-likeness (QED) is 0.176. The molecule has 0 aliphatic carbocycles. The molecule has 0 saturated carbocycles. The van der Waals surface area contributed by atoms with Crippen LogP contribution in [0.2, 0.25) is 0 Å². The van der Waals surface area contributed by atoms with Gasteiger partial charge in [0, 0.05) is 12.3 Å². The first-order chi connectivity index (χ1) is 19.2. The lowest BCUT2D eigenvalue weighted by atomic mass is 9.95.